The Hall–Kier alpha value is -4.23. The molecule has 4 aromatic rings. The molecule has 3 aromatic carbocycles. The molecule has 0 aliphatic rings. The van der Waals surface area contributed by atoms with Crippen molar-refractivity contribution in [1.29, 1.82) is 0 Å². The molecule has 172 valence electrons. The number of nitrogens with zero attached hydrogens (tertiary/aromatic N) is 1. The summed E-state index contributed by atoms with van der Waals surface area (Å²) >= 11 is 0. The van der Waals surface area contributed by atoms with Crippen LogP contribution >= 0.6 is 0 Å². The predicted molar refractivity (Wildman–Crippen MR) is 134 cm³/mol. The zero-order valence-electron chi connectivity index (χ0n) is 18.8. The third-order valence-corrected chi connectivity index (χ3v) is 5.37. The Kier molecular flexibility index (Phi) is 7.15. The summed E-state index contributed by atoms with van der Waals surface area (Å²) in [4.78, 5) is 28.1. The van der Waals surface area contributed by atoms with Crippen LogP contribution in [0.4, 0.5) is 11.4 Å². The first-order valence-corrected chi connectivity index (χ1v) is 11.0. The van der Waals surface area contributed by atoms with Crippen molar-refractivity contribution < 1.29 is 14.7 Å². The van der Waals surface area contributed by atoms with Crippen molar-refractivity contribution in [2.75, 3.05) is 18.4 Å². The molecule has 0 saturated heterocycles. The lowest BCUT2D eigenvalue weighted by atomic mass is 10.1. The summed E-state index contributed by atoms with van der Waals surface area (Å²) in [6.07, 6.45) is 0. The van der Waals surface area contributed by atoms with Gasteiger partial charge in [0.25, 0.3) is 5.91 Å². The molecule has 0 unspecified atom stereocenters. The summed E-state index contributed by atoms with van der Waals surface area (Å²) in [5.74, 6) is -1.09. The van der Waals surface area contributed by atoms with Gasteiger partial charge in [0.05, 0.1) is 11.1 Å². The second kappa shape index (κ2) is 10.6. The van der Waals surface area contributed by atoms with E-state index >= 15 is 0 Å². The number of nitrogens with one attached hydrogen (secondary N) is 3. The molecule has 0 aliphatic heterocycles. The minimum absolute atomic E-state index is 0.146. The Bertz CT molecular complexity index is 1320. The number of hydrogen-bond acceptors (Lipinski definition) is 5. The van der Waals surface area contributed by atoms with Crippen molar-refractivity contribution in [3.63, 3.8) is 0 Å². The van der Waals surface area contributed by atoms with Crippen molar-refractivity contribution in [1.82, 2.24) is 15.6 Å². The van der Waals surface area contributed by atoms with Crippen LogP contribution in [0.3, 0.4) is 0 Å². The predicted octanol–water partition coefficient (Wildman–Crippen LogP) is 4.50. The lowest BCUT2D eigenvalue weighted by Crippen LogP contribution is -2.31. The van der Waals surface area contributed by atoms with Gasteiger partial charge in [-0.05, 0) is 55.0 Å². The number of amides is 1. The summed E-state index contributed by atoms with van der Waals surface area (Å²) in [7, 11) is 0. The van der Waals surface area contributed by atoms with Gasteiger partial charge in [-0.25, -0.2) is 4.79 Å². The Balaban J connectivity index is 1.30. The van der Waals surface area contributed by atoms with E-state index in [2.05, 4.69) is 20.9 Å². The van der Waals surface area contributed by atoms with Crippen LogP contribution in [0.1, 0.15) is 32.0 Å². The minimum Gasteiger partial charge on any atom is -0.478 e. The minimum atomic E-state index is -0.939. The fourth-order valence-electron chi connectivity index (χ4n) is 3.67. The fourth-order valence-corrected chi connectivity index (χ4v) is 3.67. The highest BCUT2D eigenvalue weighted by Gasteiger charge is 2.08. The van der Waals surface area contributed by atoms with Gasteiger partial charge in [-0.1, -0.05) is 36.4 Å². The van der Waals surface area contributed by atoms with Crippen LogP contribution in [0.15, 0.2) is 78.9 Å². The molecule has 1 heterocycles. The highest BCUT2D eigenvalue weighted by atomic mass is 16.4. The Morgan fingerprint density at radius 3 is 2.47 bits per heavy atom. The molecule has 0 spiro atoms. The Morgan fingerprint density at radius 1 is 0.882 bits per heavy atom. The number of para-hydroxylation sites is 1. The van der Waals surface area contributed by atoms with E-state index in [4.69, 9.17) is 5.11 Å². The Labute approximate surface area is 197 Å². The van der Waals surface area contributed by atoms with Gasteiger partial charge in [0.1, 0.15) is 0 Å². The topological polar surface area (TPSA) is 103 Å². The molecule has 7 nitrogen and oxygen atoms in total. The quantitative estimate of drug-likeness (QED) is 0.278. The molecule has 7 heteroatoms. The van der Waals surface area contributed by atoms with Gasteiger partial charge in [-0.2, -0.15) is 0 Å². The maximum Gasteiger partial charge on any atom is 0.335 e. The van der Waals surface area contributed by atoms with Crippen molar-refractivity contribution in [3.05, 3.63) is 101 Å². The summed E-state index contributed by atoms with van der Waals surface area (Å²) in [6.45, 7) is 3.61. The first kappa shape index (κ1) is 22.9. The highest BCUT2D eigenvalue weighted by Crippen LogP contribution is 2.26. The monoisotopic (exact) mass is 454 g/mol. The molecule has 0 atom stereocenters. The van der Waals surface area contributed by atoms with Crippen LogP contribution in [-0.4, -0.2) is 35.1 Å². The number of aromatic carboxylic acids is 1. The molecular formula is C27H26N4O3. The number of pyridine rings is 1. The van der Waals surface area contributed by atoms with Crippen LogP contribution in [0.25, 0.3) is 10.9 Å². The average Bonchev–Trinajstić information content (AvgIpc) is 2.84. The number of aryl methyl sites for hydroxylation is 1. The molecule has 0 aliphatic carbocycles. The molecule has 0 bridgehead atoms. The molecule has 0 saturated carbocycles. The first-order valence-electron chi connectivity index (χ1n) is 11.0. The highest BCUT2D eigenvalue weighted by molar-refractivity contribution is 5.96. The summed E-state index contributed by atoms with van der Waals surface area (Å²) < 4.78 is 0. The van der Waals surface area contributed by atoms with E-state index < -0.39 is 5.97 Å². The zero-order valence-corrected chi connectivity index (χ0v) is 18.8. The van der Waals surface area contributed by atoms with Crippen LogP contribution in [0.5, 0.6) is 0 Å². The van der Waals surface area contributed by atoms with Crippen molar-refractivity contribution >= 4 is 34.2 Å². The lowest BCUT2D eigenvalue weighted by Gasteiger charge is -2.12. The number of carboxylic acid groups (broad SMARTS) is 1. The van der Waals surface area contributed by atoms with Crippen molar-refractivity contribution in [2.24, 2.45) is 0 Å². The van der Waals surface area contributed by atoms with Gasteiger partial charge in [0.2, 0.25) is 0 Å². The zero-order chi connectivity index (χ0) is 23.9. The second-order valence-electron chi connectivity index (χ2n) is 7.97. The molecular weight excluding hydrogens is 428 g/mol. The third kappa shape index (κ3) is 5.76. The maximum atomic E-state index is 12.6. The normalized spacial score (nSPS) is 10.7. The van der Waals surface area contributed by atoms with Gasteiger partial charge >= 0.3 is 5.97 Å². The summed E-state index contributed by atoms with van der Waals surface area (Å²) in [5.41, 5.74) is 5.43. The van der Waals surface area contributed by atoms with Gasteiger partial charge < -0.3 is 21.1 Å². The standard InChI is InChI=1S/C27H26N4O3/c1-18-15-25(23-7-2-3-8-24(23)30-18)31-22-6-4-5-21(16-22)26(32)29-14-13-28-17-19-9-11-20(12-10-19)27(33)34/h2-12,15-16,28H,13-14,17H2,1H3,(H,29,32)(H,30,31)(H,33,34). The maximum absolute atomic E-state index is 12.6. The Morgan fingerprint density at radius 2 is 1.68 bits per heavy atom. The third-order valence-electron chi connectivity index (χ3n) is 5.37. The van der Waals surface area contributed by atoms with E-state index in [1.807, 2.05) is 55.5 Å². The number of hydrogen-bond donors (Lipinski definition) is 4. The number of benzene rings is 3. The molecule has 0 fully saturated rings. The summed E-state index contributed by atoms with van der Waals surface area (Å²) in [5, 5.41) is 19.6. The molecule has 34 heavy (non-hydrogen) atoms. The number of carbonyl (C=O) groups is 2. The summed E-state index contributed by atoms with van der Waals surface area (Å²) in [6, 6.07) is 24.1. The number of carboxylic acids is 1. The van der Waals surface area contributed by atoms with E-state index in [0.717, 1.165) is 33.5 Å². The molecule has 4 rings (SSSR count). The SMILES string of the molecule is Cc1cc(Nc2cccc(C(=O)NCCNCc3ccc(C(=O)O)cc3)c2)c2ccccc2n1. The van der Waals surface area contributed by atoms with E-state index in [1.165, 1.54) is 0 Å². The van der Waals surface area contributed by atoms with E-state index in [1.54, 1.807) is 30.3 Å². The molecule has 0 radical (unpaired) electrons. The van der Waals surface area contributed by atoms with E-state index in [-0.39, 0.29) is 11.5 Å². The van der Waals surface area contributed by atoms with Crippen LogP contribution in [0, 0.1) is 6.92 Å². The number of carbonyl (C=O) groups excluding carboxylic acids is 1. The molecule has 1 aromatic heterocycles. The molecule has 4 N–H and O–H groups in total. The van der Waals surface area contributed by atoms with E-state index in [0.29, 0.717) is 25.2 Å². The number of anilines is 2. The van der Waals surface area contributed by atoms with Gasteiger partial charge in [0, 0.05) is 47.7 Å². The van der Waals surface area contributed by atoms with Gasteiger partial charge in [-0.3, -0.25) is 9.78 Å². The van der Waals surface area contributed by atoms with E-state index in [9.17, 15) is 9.59 Å². The average molecular weight is 455 g/mol. The van der Waals surface area contributed by atoms with Gasteiger partial charge in [-0.15, -0.1) is 0 Å². The smallest absolute Gasteiger partial charge is 0.335 e. The van der Waals surface area contributed by atoms with Gasteiger partial charge in [0.15, 0.2) is 0 Å². The van der Waals surface area contributed by atoms with Crippen molar-refractivity contribution in [3.8, 4) is 0 Å². The number of rotatable bonds is 9. The second-order valence-corrected chi connectivity index (χ2v) is 7.97. The van der Waals surface area contributed by atoms with Crippen LogP contribution in [0.2, 0.25) is 0 Å². The first-order chi connectivity index (χ1) is 16.5. The largest absolute Gasteiger partial charge is 0.478 e. The van der Waals surface area contributed by atoms with Crippen molar-refractivity contribution in [2.45, 2.75) is 13.5 Å². The lowest BCUT2D eigenvalue weighted by molar-refractivity contribution is 0.0696. The number of fused-ring (bicyclic) bond motifs is 1. The molecule has 1 amide bonds. The number of aromatic nitrogens is 1. The van der Waals surface area contributed by atoms with Crippen LogP contribution in [-0.2, 0) is 6.54 Å². The fraction of sp³-hybridized carbons (Fsp3) is 0.148. The van der Waals surface area contributed by atoms with Crippen LogP contribution < -0.4 is 16.0 Å².